The molecule has 1 nitrogen and oxygen atoms in total. The molecular formula is C33H34O. The molecule has 0 bridgehead atoms. The summed E-state index contributed by atoms with van der Waals surface area (Å²) in [5, 5.41) is 0. The van der Waals surface area contributed by atoms with Gasteiger partial charge in [-0.25, -0.2) is 0 Å². The molecule has 34 heavy (non-hydrogen) atoms. The summed E-state index contributed by atoms with van der Waals surface area (Å²) in [7, 11) is 0. The average Bonchev–Trinajstić information content (AvgIpc) is 2.83. The molecule has 4 rings (SSSR count). The summed E-state index contributed by atoms with van der Waals surface area (Å²) in [5.41, 5.74) is 8.88. The molecule has 0 aliphatic rings. The van der Waals surface area contributed by atoms with Crippen molar-refractivity contribution < 1.29 is 4.79 Å². The minimum absolute atomic E-state index is 0.0456. The van der Waals surface area contributed by atoms with E-state index in [9.17, 15) is 4.79 Å². The van der Waals surface area contributed by atoms with Crippen LogP contribution in [0, 0.1) is 0 Å². The molecular weight excluding hydrogens is 412 g/mol. The maximum absolute atomic E-state index is 13.1. The fourth-order valence-electron chi connectivity index (χ4n) is 4.12. The van der Waals surface area contributed by atoms with Gasteiger partial charge in [-0.15, -0.1) is 0 Å². The molecule has 4 aromatic rings. The summed E-state index contributed by atoms with van der Waals surface area (Å²) >= 11 is 0. The first kappa shape index (κ1) is 23.7. The molecule has 0 spiro atoms. The maximum atomic E-state index is 13.1. The highest BCUT2D eigenvalue weighted by atomic mass is 16.1. The van der Waals surface area contributed by atoms with Crippen molar-refractivity contribution in [1.82, 2.24) is 0 Å². The summed E-state index contributed by atoms with van der Waals surface area (Å²) in [6, 6.07) is 33.2. The Hall–Kier alpha value is -3.45. The first-order chi connectivity index (χ1) is 16.0. The van der Waals surface area contributed by atoms with E-state index in [0.717, 1.165) is 22.3 Å². The largest absolute Gasteiger partial charge is 0.289 e. The van der Waals surface area contributed by atoms with Crippen LogP contribution >= 0.6 is 0 Å². The van der Waals surface area contributed by atoms with Crippen molar-refractivity contribution in [3.63, 3.8) is 0 Å². The summed E-state index contributed by atoms with van der Waals surface area (Å²) in [6.45, 7) is 13.3. The minimum Gasteiger partial charge on any atom is -0.289 e. The molecule has 0 aromatic heterocycles. The third-order valence-electron chi connectivity index (χ3n) is 6.46. The van der Waals surface area contributed by atoms with Crippen molar-refractivity contribution in [3.05, 3.63) is 119 Å². The smallest absolute Gasteiger partial charge is 0.193 e. The Bertz CT molecular complexity index is 1160. The average molecular weight is 447 g/mol. The molecule has 172 valence electrons. The standard InChI is InChI=1S/C33H34O/c1-32(2,3)29-19-15-25(16-20-29)23-7-11-27(12-8-23)31(34)28-13-9-24(10-14-28)26-17-21-30(22-18-26)33(4,5)6/h7-22H,1-6H3. The lowest BCUT2D eigenvalue weighted by Gasteiger charge is -2.19. The number of hydrogen-bond donors (Lipinski definition) is 0. The van der Waals surface area contributed by atoms with E-state index in [0.29, 0.717) is 11.1 Å². The van der Waals surface area contributed by atoms with Crippen molar-refractivity contribution in [2.75, 3.05) is 0 Å². The molecule has 0 amide bonds. The fraction of sp³-hybridized carbons (Fsp3) is 0.242. The highest BCUT2D eigenvalue weighted by Crippen LogP contribution is 2.28. The third-order valence-corrected chi connectivity index (χ3v) is 6.46. The van der Waals surface area contributed by atoms with Gasteiger partial charge in [0.1, 0.15) is 0 Å². The highest BCUT2D eigenvalue weighted by molar-refractivity contribution is 6.09. The summed E-state index contributed by atoms with van der Waals surface area (Å²) < 4.78 is 0. The van der Waals surface area contributed by atoms with Gasteiger partial charge in [-0.2, -0.15) is 0 Å². The molecule has 4 aromatic carbocycles. The molecule has 0 aliphatic carbocycles. The molecule has 0 atom stereocenters. The van der Waals surface area contributed by atoms with Gasteiger partial charge in [0.2, 0.25) is 0 Å². The lowest BCUT2D eigenvalue weighted by atomic mass is 9.86. The van der Waals surface area contributed by atoms with Crippen LogP contribution < -0.4 is 0 Å². The summed E-state index contributed by atoms with van der Waals surface area (Å²) in [4.78, 5) is 13.1. The van der Waals surface area contributed by atoms with Crippen molar-refractivity contribution in [3.8, 4) is 22.3 Å². The number of hydrogen-bond acceptors (Lipinski definition) is 1. The predicted molar refractivity (Wildman–Crippen MR) is 145 cm³/mol. The van der Waals surface area contributed by atoms with Crippen molar-refractivity contribution in [1.29, 1.82) is 0 Å². The zero-order valence-corrected chi connectivity index (χ0v) is 21.1. The lowest BCUT2D eigenvalue weighted by Crippen LogP contribution is -2.10. The zero-order chi connectivity index (χ0) is 24.5. The Labute approximate surface area is 204 Å². The molecule has 0 aliphatic heterocycles. The second-order valence-electron chi connectivity index (χ2n) is 11.1. The second-order valence-corrected chi connectivity index (χ2v) is 11.1. The van der Waals surface area contributed by atoms with Crippen LogP contribution in [0.3, 0.4) is 0 Å². The molecule has 0 N–H and O–H groups in total. The van der Waals surface area contributed by atoms with E-state index in [4.69, 9.17) is 0 Å². The molecule has 0 unspecified atom stereocenters. The van der Waals surface area contributed by atoms with Gasteiger partial charge < -0.3 is 0 Å². The van der Waals surface area contributed by atoms with Crippen molar-refractivity contribution in [2.24, 2.45) is 0 Å². The van der Waals surface area contributed by atoms with Gasteiger partial charge in [0, 0.05) is 11.1 Å². The van der Waals surface area contributed by atoms with E-state index in [2.05, 4.69) is 90.1 Å². The van der Waals surface area contributed by atoms with Crippen molar-refractivity contribution >= 4 is 5.78 Å². The van der Waals surface area contributed by atoms with E-state index in [-0.39, 0.29) is 16.6 Å². The monoisotopic (exact) mass is 446 g/mol. The van der Waals surface area contributed by atoms with Gasteiger partial charge >= 0.3 is 0 Å². The number of ketones is 1. The molecule has 0 saturated heterocycles. The third kappa shape index (κ3) is 5.20. The van der Waals surface area contributed by atoms with Crippen LogP contribution in [0.25, 0.3) is 22.3 Å². The highest BCUT2D eigenvalue weighted by Gasteiger charge is 2.15. The topological polar surface area (TPSA) is 17.1 Å². The predicted octanol–water partition coefficient (Wildman–Crippen LogP) is 8.85. The molecule has 0 heterocycles. The zero-order valence-electron chi connectivity index (χ0n) is 21.1. The Kier molecular flexibility index (Phi) is 6.32. The van der Waals surface area contributed by atoms with E-state index in [1.165, 1.54) is 11.1 Å². The number of benzene rings is 4. The van der Waals surface area contributed by atoms with Gasteiger partial charge in [0.05, 0.1) is 0 Å². The molecule has 0 radical (unpaired) electrons. The van der Waals surface area contributed by atoms with Crippen LogP contribution in [0.1, 0.15) is 68.6 Å². The van der Waals surface area contributed by atoms with Crippen molar-refractivity contribution in [2.45, 2.75) is 52.4 Å². The maximum Gasteiger partial charge on any atom is 0.193 e. The van der Waals surface area contributed by atoms with E-state index in [1.807, 2.05) is 48.5 Å². The normalized spacial score (nSPS) is 11.9. The Morgan fingerprint density at radius 1 is 0.412 bits per heavy atom. The van der Waals surface area contributed by atoms with Gasteiger partial charge in [-0.1, -0.05) is 139 Å². The van der Waals surface area contributed by atoms with Gasteiger partial charge in [0.15, 0.2) is 5.78 Å². The van der Waals surface area contributed by atoms with E-state index in [1.54, 1.807) is 0 Å². The summed E-state index contributed by atoms with van der Waals surface area (Å²) in [6.07, 6.45) is 0. The van der Waals surface area contributed by atoms with Crippen LogP contribution in [0.4, 0.5) is 0 Å². The number of rotatable bonds is 4. The van der Waals surface area contributed by atoms with E-state index < -0.39 is 0 Å². The Morgan fingerprint density at radius 2 is 0.647 bits per heavy atom. The van der Waals surface area contributed by atoms with Gasteiger partial charge in [-0.05, 0) is 44.2 Å². The van der Waals surface area contributed by atoms with Crippen LogP contribution in [-0.4, -0.2) is 5.78 Å². The molecule has 0 saturated carbocycles. The number of carbonyl (C=O) groups excluding carboxylic acids is 1. The quantitative estimate of drug-likeness (QED) is 0.286. The first-order valence-electron chi connectivity index (χ1n) is 12.0. The lowest BCUT2D eigenvalue weighted by molar-refractivity contribution is 0.103. The Morgan fingerprint density at radius 3 is 0.882 bits per heavy atom. The van der Waals surface area contributed by atoms with Crippen LogP contribution in [-0.2, 0) is 10.8 Å². The SMILES string of the molecule is CC(C)(C)c1ccc(-c2ccc(C(=O)c3ccc(-c4ccc(C(C)(C)C)cc4)cc3)cc2)cc1. The molecule has 0 fully saturated rings. The van der Waals surface area contributed by atoms with Crippen LogP contribution in [0.2, 0.25) is 0 Å². The van der Waals surface area contributed by atoms with Gasteiger partial charge in [0.25, 0.3) is 0 Å². The minimum atomic E-state index is 0.0456. The second kappa shape index (κ2) is 9.06. The summed E-state index contributed by atoms with van der Waals surface area (Å²) in [5.74, 6) is 0.0456. The fourth-order valence-corrected chi connectivity index (χ4v) is 4.12. The van der Waals surface area contributed by atoms with E-state index >= 15 is 0 Å². The molecule has 1 heteroatoms. The number of carbonyl (C=O) groups is 1. The Balaban J connectivity index is 1.49. The van der Waals surface area contributed by atoms with Gasteiger partial charge in [-0.3, -0.25) is 4.79 Å². The first-order valence-corrected chi connectivity index (χ1v) is 12.0. The van der Waals surface area contributed by atoms with Crippen LogP contribution in [0.15, 0.2) is 97.1 Å². The van der Waals surface area contributed by atoms with Crippen LogP contribution in [0.5, 0.6) is 0 Å².